The van der Waals surface area contributed by atoms with Crippen LogP contribution in [0.1, 0.15) is 782 Å². The summed E-state index contributed by atoms with van der Waals surface area (Å²) in [6, 6.07) is 14.1. The zero-order valence-electron chi connectivity index (χ0n) is 99.8. The monoisotopic (exact) mass is 2050 g/mol. The van der Waals surface area contributed by atoms with E-state index in [1.54, 1.807) is 4.70 Å². The molecule has 0 saturated heterocycles. The van der Waals surface area contributed by atoms with Crippen molar-refractivity contribution >= 4 is 23.5 Å². The first kappa shape index (κ1) is 138. The number of rotatable bonds is 112. The van der Waals surface area contributed by atoms with Gasteiger partial charge in [-0.15, -0.1) is 0 Å². The fraction of sp³-hybridized carbons (Fsp3) is 0.831. The maximum atomic E-state index is 13.3. The molecule has 0 amide bonds. The van der Waals surface area contributed by atoms with Gasteiger partial charge in [0.1, 0.15) is 0 Å². The van der Waals surface area contributed by atoms with Crippen LogP contribution in [0.5, 0.6) is 0 Å². The Balaban J connectivity index is 0.00000138. The Morgan fingerprint density at radius 3 is 0.614 bits per heavy atom. The van der Waals surface area contributed by atoms with Gasteiger partial charge in [-0.1, -0.05) is 579 Å². The molecule has 0 aliphatic carbocycles. The minimum absolute atomic E-state index is 0.924. The van der Waals surface area contributed by atoms with E-state index >= 15 is 0 Å². The van der Waals surface area contributed by atoms with Crippen LogP contribution in [-0.4, -0.2) is 4.70 Å². The maximum absolute atomic E-state index is 13.3. The Morgan fingerprint density at radius 2 is 0.386 bits per heavy atom. The molecule has 0 atom stereocenters. The summed E-state index contributed by atoms with van der Waals surface area (Å²) in [6.45, 7) is 18.5. The van der Waals surface area contributed by atoms with Crippen molar-refractivity contribution in [3.63, 3.8) is 0 Å². The van der Waals surface area contributed by atoms with Crippen LogP contribution < -0.4 is 0 Å². The summed E-state index contributed by atoms with van der Waals surface area (Å²) < 4.78 is 1.66. The van der Waals surface area contributed by atoms with Gasteiger partial charge in [0, 0.05) is 46.2 Å². The molecule has 0 N–H and O–H groups in total. The van der Waals surface area contributed by atoms with E-state index < -0.39 is 0 Å². The molecule has 3 heteroatoms. The van der Waals surface area contributed by atoms with Gasteiger partial charge in [-0.25, -0.2) is 4.70 Å². The predicted octanol–water partition coefficient (Wildman–Crippen LogP) is 51.8. The SMILES string of the molecule is CCCCCCCCCCCCCCCC#Cc1cc(C#CCCCCCCCCCCCCCCC)cc(C2=C(CCCCCCCC)C(CCCC)=C(c3cc(C=CCCCCCCCCCCCCCCCCC)cc(C=CCCCCCCCCCCCCCCCCC)c3)[N+]2=[N-])c1.CCCCCCCCCCCCCCCCCCCC[CH2][Ni][CH2]CCCCCCCCCCCCCCCCCCCC. The second-order valence-electron chi connectivity index (χ2n) is 46.3. The topological polar surface area (TPSA) is 25.3 Å². The summed E-state index contributed by atoms with van der Waals surface area (Å²) in [4.78, 5) is 0. The summed E-state index contributed by atoms with van der Waals surface area (Å²) in [6.07, 6.45) is 159. The average Bonchev–Trinajstić information content (AvgIpc) is 1.60. The second kappa shape index (κ2) is 115. The average molecular weight is 2050 g/mol. The fourth-order valence-electron chi connectivity index (χ4n) is 22.2. The molecule has 0 spiro atoms. The van der Waals surface area contributed by atoms with Crippen LogP contribution >= 0.6 is 0 Å². The van der Waals surface area contributed by atoms with Crippen molar-refractivity contribution in [2.45, 2.75) is 760 Å². The van der Waals surface area contributed by atoms with Gasteiger partial charge < -0.3 is 5.53 Å². The molecule has 0 saturated carbocycles. The molecule has 0 unspecified atom stereocenters. The van der Waals surface area contributed by atoms with Crippen molar-refractivity contribution in [3.8, 4) is 23.7 Å². The van der Waals surface area contributed by atoms with Gasteiger partial charge in [-0.2, -0.15) is 0 Å². The van der Waals surface area contributed by atoms with Crippen LogP contribution in [0.3, 0.4) is 0 Å². The number of benzene rings is 2. The Bertz CT molecular complexity index is 3120. The third-order valence-electron chi connectivity index (χ3n) is 31.9. The number of unbranched alkanes of at least 4 members (excludes halogenated alkanes) is 98. The first-order chi connectivity index (χ1) is 71.9. The molecule has 0 bridgehead atoms. The van der Waals surface area contributed by atoms with Crippen LogP contribution in [0.15, 0.2) is 59.7 Å². The Kier molecular flexibility index (Phi) is 109. The molecular formula is C142H254N2Ni. The summed E-state index contributed by atoms with van der Waals surface area (Å²) in [5, 5.41) is 2.87. The first-order valence-corrected chi connectivity index (χ1v) is 68.3. The quantitative estimate of drug-likeness (QED) is 0.0273. The van der Waals surface area contributed by atoms with Gasteiger partial charge in [0.15, 0.2) is 0 Å². The van der Waals surface area contributed by atoms with Gasteiger partial charge in [0.25, 0.3) is 0 Å². The third-order valence-corrected chi connectivity index (χ3v) is 33.3. The standard InChI is InChI=1S/C100H168N2.2C21H43.Ni/c1-7-13-19-24-29-33-37-41-45-47-51-55-59-63-65-69-74-79-91-85-92(80-75-70-66-64-60-56-52-48-46-42-38-34-30-25-20-14-8-2)88-95(87-91)99-97(83-18-12-6)98(84-78-73-28-23-17-11-5)100(102(99)101)96-89-93(81-76-71-67-61-57-53-49-43-39-35-31-26-21-15-9-3)86-94(90-96)82-77-72-68-62-58-54-50-44-40-36-32-27-22-16-10-4;2*1-3-5-7-9-11-13-15-17-19-21-20-18-16-14-12-10-8-6-4-2;/h74-75,79-80,85-90H,7-73,78,83-84H2,1-6H3;2*1,3-21H2,2H3;. The summed E-state index contributed by atoms with van der Waals surface area (Å²) in [7, 11) is 0. The third kappa shape index (κ3) is 90.7. The van der Waals surface area contributed by atoms with E-state index in [4.69, 9.17) is 0 Å². The van der Waals surface area contributed by atoms with Crippen LogP contribution in [-0.2, 0) is 14.4 Å². The van der Waals surface area contributed by atoms with Gasteiger partial charge in [0.2, 0.25) is 11.4 Å². The molecule has 0 radical (unpaired) electrons. The molecule has 1 heterocycles. The van der Waals surface area contributed by atoms with Crippen molar-refractivity contribution in [3.05, 3.63) is 98.6 Å². The van der Waals surface area contributed by atoms with E-state index in [2.05, 4.69) is 140 Å². The molecule has 145 heavy (non-hydrogen) atoms. The van der Waals surface area contributed by atoms with Crippen LogP contribution in [0, 0.1) is 23.7 Å². The number of hydrogen-bond acceptors (Lipinski definition) is 0. The van der Waals surface area contributed by atoms with Gasteiger partial charge in [0.05, 0.1) is 0 Å². The van der Waals surface area contributed by atoms with Crippen molar-refractivity contribution in [2.75, 3.05) is 0 Å². The van der Waals surface area contributed by atoms with Crippen LogP contribution in [0.4, 0.5) is 0 Å². The smallest absolute Gasteiger partial charge is 0.0654 e. The van der Waals surface area contributed by atoms with Gasteiger partial charge >= 0.3 is 166 Å². The Morgan fingerprint density at radius 1 is 0.200 bits per heavy atom. The van der Waals surface area contributed by atoms with E-state index in [9.17, 15) is 5.53 Å². The van der Waals surface area contributed by atoms with Crippen molar-refractivity contribution < 1.29 is 19.1 Å². The van der Waals surface area contributed by atoms with Crippen molar-refractivity contribution in [2.24, 2.45) is 0 Å². The fourth-order valence-corrected chi connectivity index (χ4v) is 23.4. The number of nitrogens with zero attached hydrogens (tertiary/aromatic N) is 2. The summed E-state index contributed by atoms with van der Waals surface area (Å²) in [5.41, 5.74) is 24.7. The van der Waals surface area contributed by atoms with E-state index in [0.29, 0.717) is 0 Å². The van der Waals surface area contributed by atoms with E-state index in [0.717, 1.165) is 104 Å². The molecule has 842 valence electrons. The van der Waals surface area contributed by atoms with Gasteiger partial charge in [-0.3, -0.25) is 0 Å². The molecule has 0 aromatic heterocycles. The first-order valence-electron chi connectivity index (χ1n) is 66.9. The van der Waals surface area contributed by atoms with Crippen molar-refractivity contribution in [1.29, 1.82) is 0 Å². The van der Waals surface area contributed by atoms with Crippen molar-refractivity contribution in [1.82, 2.24) is 0 Å². The predicted molar refractivity (Wildman–Crippen MR) is 656 cm³/mol. The molecule has 0 fully saturated rings. The minimum atomic E-state index is 0.924. The van der Waals surface area contributed by atoms with Crippen LogP contribution in [0.25, 0.3) is 29.1 Å². The number of allylic oxidation sites excluding steroid dienone is 4. The van der Waals surface area contributed by atoms with E-state index in [1.807, 2.05) is 14.4 Å². The second-order valence-corrected chi connectivity index (χ2v) is 47.8. The number of hydrogen-bond donors (Lipinski definition) is 0. The zero-order valence-corrected chi connectivity index (χ0v) is 101. The summed E-state index contributed by atoms with van der Waals surface area (Å²) in [5.74, 6) is 14.7. The van der Waals surface area contributed by atoms with Crippen LogP contribution in [0.2, 0.25) is 10.8 Å². The Hall–Kier alpha value is -3.39. The normalized spacial score (nSPS) is 12.3. The molecule has 2 aromatic carbocycles. The van der Waals surface area contributed by atoms with Gasteiger partial charge in [-0.05, 0) is 112 Å². The summed E-state index contributed by atoms with van der Waals surface area (Å²) >= 11 is 2.05. The van der Waals surface area contributed by atoms with E-state index in [-0.39, 0.29) is 0 Å². The molecule has 2 aromatic rings. The van der Waals surface area contributed by atoms with E-state index in [1.165, 1.54) is 656 Å². The molecule has 1 aliphatic rings. The molecule has 3 rings (SSSR count). The molecular weight excluding hydrogens is 1790 g/mol. The Labute approximate surface area is 918 Å². The zero-order chi connectivity index (χ0) is 104. The minimum Gasteiger partial charge on any atom is -0.0654 e. The molecule has 1 aliphatic heterocycles. The molecule has 2 nitrogen and oxygen atoms in total.